The van der Waals surface area contributed by atoms with Gasteiger partial charge >= 0.3 is 0 Å². The molecule has 110 valence electrons. The maximum absolute atomic E-state index is 5.46. The molecule has 0 amide bonds. The standard InChI is InChI=1S/C15H24N4O/c1-16-15-10-17-9-13(18-15)14-3-2-6-19(14)11-12-4-7-20-8-5-12/h9-10,12,14H,2-8,11H2,1H3,(H,16,18). The van der Waals surface area contributed by atoms with Crippen molar-refractivity contribution in [3.63, 3.8) is 0 Å². The van der Waals surface area contributed by atoms with Crippen LogP contribution in [-0.2, 0) is 4.74 Å². The van der Waals surface area contributed by atoms with E-state index in [9.17, 15) is 0 Å². The molecule has 1 aromatic heterocycles. The summed E-state index contributed by atoms with van der Waals surface area (Å²) in [5.41, 5.74) is 1.11. The van der Waals surface area contributed by atoms with Crippen molar-refractivity contribution in [2.45, 2.75) is 31.7 Å². The molecule has 2 fully saturated rings. The molecule has 2 saturated heterocycles. The van der Waals surface area contributed by atoms with Crippen molar-refractivity contribution >= 4 is 5.82 Å². The summed E-state index contributed by atoms with van der Waals surface area (Å²) in [7, 11) is 1.89. The van der Waals surface area contributed by atoms with E-state index in [0.717, 1.165) is 30.6 Å². The zero-order valence-corrected chi connectivity index (χ0v) is 12.2. The maximum Gasteiger partial charge on any atom is 0.144 e. The average Bonchev–Trinajstić information content (AvgIpc) is 2.96. The molecule has 0 aromatic carbocycles. The summed E-state index contributed by atoms with van der Waals surface area (Å²) < 4.78 is 5.46. The SMILES string of the molecule is CNc1cncc(C2CCCN2CC2CCOCC2)n1. The molecule has 3 rings (SSSR count). The zero-order valence-electron chi connectivity index (χ0n) is 12.2. The van der Waals surface area contributed by atoms with Crippen LogP contribution in [0.1, 0.15) is 37.4 Å². The van der Waals surface area contributed by atoms with Gasteiger partial charge in [0.25, 0.3) is 0 Å². The van der Waals surface area contributed by atoms with E-state index in [4.69, 9.17) is 4.74 Å². The summed E-state index contributed by atoms with van der Waals surface area (Å²) in [6.07, 6.45) is 8.57. The summed E-state index contributed by atoms with van der Waals surface area (Å²) >= 11 is 0. The number of likely N-dealkylation sites (tertiary alicyclic amines) is 1. The predicted molar refractivity (Wildman–Crippen MR) is 78.7 cm³/mol. The van der Waals surface area contributed by atoms with Crippen molar-refractivity contribution in [3.8, 4) is 0 Å². The Balaban J connectivity index is 1.67. The van der Waals surface area contributed by atoms with Crippen LogP contribution in [0.25, 0.3) is 0 Å². The van der Waals surface area contributed by atoms with Crippen molar-refractivity contribution in [2.75, 3.05) is 38.7 Å². The second-order valence-corrected chi connectivity index (χ2v) is 5.79. The van der Waals surface area contributed by atoms with Gasteiger partial charge in [-0.25, -0.2) is 4.98 Å². The Bertz CT molecular complexity index is 434. The number of hydrogen-bond donors (Lipinski definition) is 1. The van der Waals surface area contributed by atoms with Crippen LogP contribution in [0.4, 0.5) is 5.82 Å². The maximum atomic E-state index is 5.46. The number of aromatic nitrogens is 2. The number of anilines is 1. The lowest BCUT2D eigenvalue weighted by Crippen LogP contribution is -2.32. The minimum absolute atomic E-state index is 0.443. The van der Waals surface area contributed by atoms with E-state index in [2.05, 4.69) is 20.2 Å². The van der Waals surface area contributed by atoms with E-state index in [1.54, 1.807) is 6.20 Å². The Labute approximate surface area is 120 Å². The monoisotopic (exact) mass is 276 g/mol. The molecule has 1 N–H and O–H groups in total. The molecule has 2 aliphatic rings. The van der Waals surface area contributed by atoms with E-state index in [0.29, 0.717) is 6.04 Å². The lowest BCUT2D eigenvalue weighted by Gasteiger charge is -2.30. The number of nitrogens with one attached hydrogen (secondary N) is 1. The molecule has 0 aliphatic carbocycles. The van der Waals surface area contributed by atoms with Crippen LogP contribution in [0.5, 0.6) is 0 Å². The minimum Gasteiger partial charge on any atom is -0.381 e. The predicted octanol–water partition coefficient (Wildman–Crippen LogP) is 2.08. The molecule has 0 saturated carbocycles. The lowest BCUT2D eigenvalue weighted by molar-refractivity contribution is 0.0504. The van der Waals surface area contributed by atoms with Crippen LogP contribution in [0, 0.1) is 5.92 Å². The van der Waals surface area contributed by atoms with Crippen molar-refractivity contribution in [3.05, 3.63) is 18.1 Å². The van der Waals surface area contributed by atoms with Crippen molar-refractivity contribution in [1.82, 2.24) is 14.9 Å². The Morgan fingerprint density at radius 2 is 2.15 bits per heavy atom. The Morgan fingerprint density at radius 1 is 1.30 bits per heavy atom. The Morgan fingerprint density at radius 3 is 2.95 bits per heavy atom. The van der Waals surface area contributed by atoms with Crippen LogP contribution < -0.4 is 5.32 Å². The normalized spacial score (nSPS) is 24.9. The van der Waals surface area contributed by atoms with Gasteiger partial charge in [-0.1, -0.05) is 0 Å². The molecule has 1 aromatic rings. The first-order valence-electron chi connectivity index (χ1n) is 7.68. The molecule has 5 nitrogen and oxygen atoms in total. The van der Waals surface area contributed by atoms with Gasteiger partial charge in [-0.15, -0.1) is 0 Å². The molecule has 0 radical (unpaired) electrons. The topological polar surface area (TPSA) is 50.3 Å². The fourth-order valence-electron chi connectivity index (χ4n) is 3.30. The summed E-state index contributed by atoms with van der Waals surface area (Å²) in [6, 6.07) is 0.443. The van der Waals surface area contributed by atoms with Crippen LogP contribution in [-0.4, -0.2) is 48.2 Å². The number of ether oxygens (including phenoxy) is 1. The highest BCUT2D eigenvalue weighted by Gasteiger charge is 2.29. The Kier molecular flexibility index (Phi) is 4.47. The third-order valence-corrected chi connectivity index (χ3v) is 4.45. The number of hydrogen-bond acceptors (Lipinski definition) is 5. The van der Waals surface area contributed by atoms with Crippen LogP contribution in [0.15, 0.2) is 12.4 Å². The highest BCUT2D eigenvalue weighted by Crippen LogP contribution is 2.32. The quantitative estimate of drug-likeness (QED) is 0.912. The van der Waals surface area contributed by atoms with Crippen LogP contribution in [0.2, 0.25) is 0 Å². The van der Waals surface area contributed by atoms with Gasteiger partial charge in [-0.2, -0.15) is 0 Å². The van der Waals surface area contributed by atoms with Crippen LogP contribution >= 0.6 is 0 Å². The highest BCUT2D eigenvalue weighted by molar-refractivity contribution is 5.31. The minimum atomic E-state index is 0.443. The fraction of sp³-hybridized carbons (Fsp3) is 0.733. The van der Waals surface area contributed by atoms with Gasteiger partial charge in [0, 0.05) is 26.8 Å². The van der Waals surface area contributed by atoms with Gasteiger partial charge in [0.05, 0.1) is 24.1 Å². The van der Waals surface area contributed by atoms with Gasteiger partial charge in [0.1, 0.15) is 5.82 Å². The first-order chi connectivity index (χ1) is 9.86. The number of rotatable bonds is 4. The van der Waals surface area contributed by atoms with E-state index < -0.39 is 0 Å². The van der Waals surface area contributed by atoms with Gasteiger partial charge in [-0.3, -0.25) is 9.88 Å². The van der Waals surface area contributed by atoms with Gasteiger partial charge in [0.15, 0.2) is 0 Å². The largest absolute Gasteiger partial charge is 0.381 e. The van der Waals surface area contributed by atoms with E-state index in [1.807, 2.05) is 13.2 Å². The molecule has 0 spiro atoms. The van der Waals surface area contributed by atoms with Gasteiger partial charge in [-0.05, 0) is 38.1 Å². The molecule has 20 heavy (non-hydrogen) atoms. The second kappa shape index (κ2) is 6.50. The van der Waals surface area contributed by atoms with E-state index >= 15 is 0 Å². The van der Waals surface area contributed by atoms with E-state index in [1.165, 1.54) is 38.8 Å². The fourth-order valence-corrected chi connectivity index (χ4v) is 3.30. The smallest absolute Gasteiger partial charge is 0.144 e. The first-order valence-corrected chi connectivity index (χ1v) is 7.68. The van der Waals surface area contributed by atoms with Crippen molar-refractivity contribution in [1.29, 1.82) is 0 Å². The summed E-state index contributed by atoms with van der Waals surface area (Å²) in [6.45, 7) is 4.23. The average molecular weight is 276 g/mol. The molecule has 5 heteroatoms. The molecular weight excluding hydrogens is 252 g/mol. The molecule has 0 bridgehead atoms. The molecule has 2 aliphatic heterocycles. The highest BCUT2D eigenvalue weighted by atomic mass is 16.5. The molecule has 1 atom stereocenters. The molecule has 3 heterocycles. The number of nitrogens with zero attached hydrogens (tertiary/aromatic N) is 3. The second-order valence-electron chi connectivity index (χ2n) is 5.79. The third kappa shape index (κ3) is 3.10. The van der Waals surface area contributed by atoms with Gasteiger partial charge in [0.2, 0.25) is 0 Å². The van der Waals surface area contributed by atoms with Crippen molar-refractivity contribution < 1.29 is 4.74 Å². The summed E-state index contributed by atoms with van der Waals surface area (Å²) in [5, 5.41) is 3.08. The summed E-state index contributed by atoms with van der Waals surface area (Å²) in [4.78, 5) is 11.6. The molecule has 1 unspecified atom stereocenters. The summed E-state index contributed by atoms with van der Waals surface area (Å²) in [5.74, 6) is 1.64. The Hall–Kier alpha value is -1.20. The lowest BCUT2D eigenvalue weighted by atomic mass is 9.99. The third-order valence-electron chi connectivity index (χ3n) is 4.45. The van der Waals surface area contributed by atoms with Crippen molar-refractivity contribution in [2.24, 2.45) is 5.92 Å². The zero-order chi connectivity index (χ0) is 13.8. The van der Waals surface area contributed by atoms with E-state index in [-0.39, 0.29) is 0 Å². The van der Waals surface area contributed by atoms with Crippen LogP contribution in [0.3, 0.4) is 0 Å². The van der Waals surface area contributed by atoms with Gasteiger partial charge < -0.3 is 10.1 Å². The first kappa shape index (κ1) is 13.8. The molecular formula is C15H24N4O.